The van der Waals surface area contributed by atoms with Gasteiger partial charge >= 0.3 is 0 Å². The first kappa shape index (κ1) is 32.4. The first-order chi connectivity index (χ1) is 28.3. The highest BCUT2D eigenvalue weighted by atomic mass is 32.2. The van der Waals surface area contributed by atoms with E-state index in [1.807, 2.05) is 18.0 Å². The molecule has 0 saturated carbocycles. The molecule has 0 amide bonds. The molecule has 2 aliphatic rings. The lowest BCUT2D eigenvalue weighted by atomic mass is 9.87. The molecule has 0 N–H and O–H groups in total. The molecule has 12 rings (SSSR count). The summed E-state index contributed by atoms with van der Waals surface area (Å²) in [5, 5.41) is 10.1. The predicted octanol–water partition coefficient (Wildman–Crippen LogP) is 14.6. The van der Waals surface area contributed by atoms with Crippen molar-refractivity contribution in [3.63, 3.8) is 0 Å². The molecule has 2 unspecified atom stereocenters. The Balaban J connectivity index is 0.970. The number of rotatable bonds is 4. The Morgan fingerprint density at radius 1 is 0.404 bits per heavy atom. The maximum Gasteiger partial charge on any atom is 0.0979 e. The van der Waals surface area contributed by atoms with Gasteiger partial charge in [0.25, 0.3) is 0 Å². The number of nitrogens with zero attached hydrogens (tertiary/aromatic N) is 2. The van der Waals surface area contributed by atoms with E-state index in [0.717, 1.165) is 38.6 Å². The molecule has 57 heavy (non-hydrogen) atoms. The van der Waals surface area contributed by atoms with Gasteiger partial charge in [0, 0.05) is 32.4 Å². The Morgan fingerprint density at radius 2 is 0.912 bits per heavy atom. The van der Waals surface area contributed by atoms with E-state index in [-0.39, 0.29) is 0 Å². The van der Waals surface area contributed by atoms with E-state index in [9.17, 15) is 0 Å². The first-order valence-electron chi connectivity index (χ1n) is 19.6. The third-order valence-electron chi connectivity index (χ3n) is 12.1. The zero-order valence-electron chi connectivity index (χ0n) is 30.9. The van der Waals surface area contributed by atoms with Crippen LogP contribution in [0.2, 0.25) is 0 Å². The summed E-state index contributed by atoms with van der Waals surface area (Å²) in [6.07, 6.45) is 11.0. The number of thioether (sulfide) groups is 1. The van der Waals surface area contributed by atoms with Gasteiger partial charge in [-0.15, -0.1) is 11.8 Å². The maximum absolute atomic E-state index is 5.30. The summed E-state index contributed by atoms with van der Waals surface area (Å²) in [4.78, 5) is 11.8. The van der Waals surface area contributed by atoms with Gasteiger partial charge in [0.15, 0.2) is 0 Å². The van der Waals surface area contributed by atoms with Crippen molar-refractivity contribution in [2.24, 2.45) is 0 Å². The molecule has 0 radical (unpaired) electrons. The van der Waals surface area contributed by atoms with E-state index in [1.165, 1.54) is 70.6 Å². The molecular formula is C54H34N2S. The van der Waals surface area contributed by atoms with Crippen LogP contribution in [0.15, 0.2) is 199 Å². The molecule has 3 heteroatoms. The molecule has 1 aliphatic heterocycles. The highest BCUT2D eigenvalue weighted by Gasteiger charge is 2.33. The predicted molar refractivity (Wildman–Crippen MR) is 242 cm³/mol. The van der Waals surface area contributed by atoms with Crippen molar-refractivity contribution < 1.29 is 0 Å². The summed E-state index contributed by atoms with van der Waals surface area (Å²) in [5.74, 6) is 0.438. The Bertz CT molecular complexity index is 3320. The van der Waals surface area contributed by atoms with Crippen LogP contribution in [0.25, 0.3) is 98.8 Å². The van der Waals surface area contributed by atoms with Gasteiger partial charge in [-0.3, -0.25) is 4.98 Å². The minimum Gasteiger partial charge on any atom is -0.252 e. The topological polar surface area (TPSA) is 25.8 Å². The Kier molecular flexibility index (Phi) is 7.33. The number of allylic oxidation sites excluding steroid dienone is 3. The van der Waals surface area contributed by atoms with Crippen molar-refractivity contribution in [2.75, 3.05) is 0 Å². The Hall–Kier alpha value is -6.81. The lowest BCUT2D eigenvalue weighted by Gasteiger charge is -2.16. The standard InChI is InChI=1S/C54H34N2S/c1-3-18-46-42(15-1)43-16-2-4-19-47(43)53-52(46)55-32-50(56-53)34-14-7-13-33(31-34)35-20-8-22-37-36(35)21-9-23-38(37)39-24-10-26-41-40(39)25-11-27-44(41)48-28-12-29-49-45-17-5-6-30-51(45)57-54(48)49/h1-32,45,51H. The van der Waals surface area contributed by atoms with Crippen molar-refractivity contribution in [1.29, 1.82) is 0 Å². The Morgan fingerprint density at radius 3 is 1.61 bits per heavy atom. The second-order valence-electron chi connectivity index (χ2n) is 15.1. The monoisotopic (exact) mass is 742 g/mol. The van der Waals surface area contributed by atoms with Gasteiger partial charge in [-0.25, -0.2) is 4.98 Å². The van der Waals surface area contributed by atoms with Gasteiger partial charge in [0.1, 0.15) is 0 Å². The van der Waals surface area contributed by atoms with Crippen molar-refractivity contribution in [3.05, 3.63) is 200 Å². The molecule has 1 aliphatic carbocycles. The first-order valence-corrected chi connectivity index (χ1v) is 20.5. The lowest BCUT2D eigenvalue weighted by molar-refractivity contribution is 0.881. The zero-order chi connectivity index (χ0) is 37.5. The average Bonchev–Trinajstić information content (AvgIpc) is 3.67. The molecule has 0 spiro atoms. The Labute approximate surface area is 334 Å². The number of aromatic nitrogens is 2. The molecule has 0 bridgehead atoms. The summed E-state index contributed by atoms with van der Waals surface area (Å²) < 4.78 is 0. The summed E-state index contributed by atoms with van der Waals surface area (Å²) >= 11 is 2.01. The lowest BCUT2D eigenvalue weighted by Crippen LogP contribution is -2.06. The molecule has 10 aromatic rings. The van der Waals surface area contributed by atoms with Gasteiger partial charge in [-0.1, -0.05) is 182 Å². The smallest absolute Gasteiger partial charge is 0.0979 e. The molecular weight excluding hydrogens is 709 g/mol. The van der Waals surface area contributed by atoms with Gasteiger partial charge in [0.2, 0.25) is 0 Å². The van der Waals surface area contributed by atoms with Crippen molar-refractivity contribution in [2.45, 2.75) is 16.1 Å². The summed E-state index contributed by atoms with van der Waals surface area (Å²) in [6.45, 7) is 0. The fourth-order valence-electron chi connectivity index (χ4n) is 9.46. The van der Waals surface area contributed by atoms with Crippen LogP contribution in [0.3, 0.4) is 0 Å². The van der Waals surface area contributed by atoms with E-state index in [1.54, 1.807) is 0 Å². The zero-order valence-corrected chi connectivity index (χ0v) is 31.7. The second-order valence-corrected chi connectivity index (χ2v) is 16.3. The van der Waals surface area contributed by atoms with E-state index in [0.29, 0.717) is 11.2 Å². The van der Waals surface area contributed by atoms with Crippen LogP contribution in [0.4, 0.5) is 0 Å². The average molecular weight is 743 g/mol. The van der Waals surface area contributed by atoms with E-state index < -0.39 is 0 Å². The number of benzene rings is 9. The van der Waals surface area contributed by atoms with Crippen molar-refractivity contribution >= 4 is 65.9 Å². The normalized spacial score (nSPS) is 15.9. The van der Waals surface area contributed by atoms with E-state index in [2.05, 4.69) is 188 Å². The summed E-state index contributed by atoms with van der Waals surface area (Å²) in [6, 6.07) is 59.8. The van der Waals surface area contributed by atoms with Crippen molar-refractivity contribution in [3.8, 4) is 44.6 Å². The fourth-order valence-corrected chi connectivity index (χ4v) is 10.9. The van der Waals surface area contributed by atoms with Crippen LogP contribution in [-0.2, 0) is 0 Å². The van der Waals surface area contributed by atoms with Gasteiger partial charge in [-0.05, 0) is 77.3 Å². The molecule has 0 fully saturated rings. The van der Waals surface area contributed by atoms with E-state index >= 15 is 0 Å². The summed E-state index contributed by atoms with van der Waals surface area (Å²) in [7, 11) is 0. The molecule has 9 aromatic carbocycles. The molecule has 266 valence electrons. The third-order valence-corrected chi connectivity index (χ3v) is 13.5. The molecule has 2 atom stereocenters. The minimum atomic E-state index is 0.438. The van der Waals surface area contributed by atoms with Crippen molar-refractivity contribution in [1.82, 2.24) is 9.97 Å². The van der Waals surface area contributed by atoms with Crippen LogP contribution in [0, 0.1) is 0 Å². The number of hydrogen-bond donors (Lipinski definition) is 0. The van der Waals surface area contributed by atoms with E-state index in [4.69, 9.17) is 9.97 Å². The van der Waals surface area contributed by atoms with Crippen LogP contribution < -0.4 is 0 Å². The summed E-state index contributed by atoms with van der Waals surface area (Å²) in [5.41, 5.74) is 12.7. The van der Waals surface area contributed by atoms with Crippen LogP contribution in [0.1, 0.15) is 11.5 Å². The minimum absolute atomic E-state index is 0.438. The second kappa shape index (κ2) is 12.9. The van der Waals surface area contributed by atoms with Gasteiger partial charge in [-0.2, -0.15) is 0 Å². The maximum atomic E-state index is 5.30. The van der Waals surface area contributed by atoms with Crippen LogP contribution >= 0.6 is 11.8 Å². The molecule has 0 saturated heterocycles. The van der Waals surface area contributed by atoms with Crippen LogP contribution in [-0.4, -0.2) is 15.2 Å². The van der Waals surface area contributed by atoms with Gasteiger partial charge in [0.05, 0.1) is 22.9 Å². The number of hydrogen-bond acceptors (Lipinski definition) is 3. The molecule has 1 aromatic heterocycles. The largest absolute Gasteiger partial charge is 0.252 e. The van der Waals surface area contributed by atoms with Gasteiger partial charge < -0.3 is 0 Å². The van der Waals surface area contributed by atoms with Crippen LogP contribution in [0.5, 0.6) is 0 Å². The third kappa shape index (κ3) is 5.06. The number of fused-ring (bicyclic) bond motifs is 11. The fraction of sp³-hybridized carbons (Fsp3) is 0.0370. The highest BCUT2D eigenvalue weighted by Crippen LogP contribution is 2.52. The quantitative estimate of drug-likeness (QED) is 0.168. The SMILES string of the molecule is C1=CC2Sc3c(-c4cccc5c(-c6cccc7c(-c8cccc(-c9cnc%10c%11ccccc%11c%11ccccc%11c%10n9)c8)cccc67)cccc45)cccc3C2C=C1. The highest BCUT2D eigenvalue weighted by molar-refractivity contribution is 8.00. The molecule has 2 nitrogen and oxygen atoms in total. The molecule has 2 heterocycles.